The lowest BCUT2D eigenvalue weighted by molar-refractivity contribution is 0.248. The molecule has 0 spiro atoms. The first-order valence-electron chi connectivity index (χ1n) is 4.97. The molecule has 16 heavy (non-hydrogen) atoms. The number of benzene rings is 1. The second kappa shape index (κ2) is 5.07. The van der Waals surface area contributed by atoms with Crippen molar-refractivity contribution in [1.82, 2.24) is 5.16 Å². The average molecular weight is 235 g/mol. The number of rotatable bonds is 4. The van der Waals surface area contributed by atoms with Crippen molar-refractivity contribution in [3.63, 3.8) is 0 Å². The molecular weight excluding hydrogens is 222 g/mol. The van der Waals surface area contributed by atoms with Crippen LogP contribution in [0.15, 0.2) is 39.8 Å². The van der Waals surface area contributed by atoms with E-state index >= 15 is 0 Å². The predicted molar refractivity (Wildman–Crippen MR) is 63.8 cm³/mol. The molecule has 2 aromatic rings. The van der Waals surface area contributed by atoms with Gasteiger partial charge in [-0.05, 0) is 37.4 Å². The molecule has 2 rings (SSSR count). The van der Waals surface area contributed by atoms with Gasteiger partial charge < -0.3 is 9.26 Å². The van der Waals surface area contributed by atoms with E-state index in [1.165, 1.54) is 4.90 Å². The fourth-order valence-electron chi connectivity index (χ4n) is 1.31. The second-order valence-electron chi connectivity index (χ2n) is 3.40. The first-order chi connectivity index (χ1) is 7.78. The zero-order valence-electron chi connectivity index (χ0n) is 9.27. The molecule has 0 aliphatic rings. The zero-order chi connectivity index (χ0) is 11.4. The number of aryl methyl sites for hydroxylation is 1. The number of aromatic nitrogens is 1. The van der Waals surface area contributed by atoms with Gasteiger partial charge in [0.25, 0.3) is 0 Å². The summed E-state index contributed by atoms with van der Waals surface area (Å²) in [6.07, 6.45) is 2.05. The normalized spacial score (nSPS) is 10.4. The Hall–Kier alpha value is -1.42. The molecule has 1 aromatic heterocycles. The summed E-state index contributed by atoms with van der Waals surface area (Å²) in [6, 6.07) is 9.84. The smallest absolute Gasteiger partial charge is 0.174 e. The largest absolute Gasteiger partial charge is 0.486 e. The fourth-order valence-corrected chi connectivity index (χ4v) is 1.72. The Labute approximate surface area is 98.8 Å². The quantitative estimate of drug-likeness (QED) is 0.762. The third-order valence-corrected chi connectivity index (χ3v) is 2.86. The van der Waals surface area contributed by atoms with E-state index in [4.69, 9.17) is 9.26 Å². The standard InChI is InChI=1S/C12H13NO2S/c1-9-7-11(15-13-9)8-14-10-3-5-12(16-2)6-4-10/h3-7H,8H2,1-2H3. The lowest BCUT2D eigenvalue weighted by Crippen LogP contribution is -1.93. The van der Waals surface area contributed by atoms with Crippen LogP contribution in [0.1, 0.15) is 11.5 Å². The van der Waals surface area contributed by atoms with Gasteiger partial charge in [-0.2, -0.15) is 0 Å². The lowest BCUT2D eigenvalue weighted by Gasteiger charge is -2.03. The Morgan fingerprint density at radius 3 is 2.62 bits per heavy atom. The van der Waals surface area contributed by atoms with Crippen LogP contribution in [-0.2, 0) is 6.61 Å². The van der Waals surface area contributed by atoms with E-state index in [0.29, 0.717) is 6.61 Å². The summed E-state index contributed by atoms with van der Waals surface area (Å²) in [5.41, 5.74) is 0.872. The summed E-state index contributed by atoms with van der Waals surface area (Å²) in [4.78, 5) is 1.22. The fraction of sp³-hybridized carbons (Fsp3) is 0.250. The molecule has 1 heterocycles. The molecule has 0 bridgehead atoms. The second-order valence-corrected chi connectivity index (χ2v) is 4.28. The van der Waals surface area contributed by atoms with Crippen LogP contribution in [-0.4, -0.2) is 11.4 Å². The third kappa shape index (κ3) is 2.79. The van der Waals surface area contributed by atoms with E-state index in [1.54, 1.807) is 11.8 Å². The topological polar surface area (TPSA) is 35.3 Å². The molecule has 0 saturated heterocycles. The Morgan fingerprint density at radius 2 is 2.06 bits per heavy atom. The van der Waals surface area contributed by atoms with Crippen molar-refractivity contribution in [3.05, 3.63) is 41.8 Å². The number of hydrogen-bond acceptors (Lipinski definition) is 4. The molecule has 3 nitrogen and oxygen atoms in total. The highest BCUT2D eigenvalue weighted by molar-refractivity contribution is 7.98. The zero-order valence-corrected chi connectivity index (χ0v) is 10.1. The molecule has 0 amide bonds. The molecule has 1 aromatic carbocycles. The first kappa shape index (κ1) is 11.1. The summed E-state index contributed by atoms with van der Waals surface area (Å²) in [5.74, 6) is 1.58. The average Bonchev–Trinajstić information content (AvgIpc) is 2.73. The van der Waals surface area contributed by atoms with E-state index in [1.807, 2.05) is 43.5 Å². The van der Waals surface area contributed by atoms with E-state index in [-0.39, 0.29) is 0 Å². The maximum absolute atomic E-state index is 5.56. The Kier molecular flexibility index (Phi) is 3.51. The molecule has 0 radical (unpaired) electrons. The van der Waals surface area contributed by atoms with Crippen LogP contribution in [0.25, 0.3) is 0 Å². The van der Waals surface area contributed by atoms with Gasteiger partial charge in [-0.25, -0.2) is 0 Å². The summed E-state index contributed by atoms with van der Waals surface area (Å²) < 4.78 is 10.6. The van der Waals surface area contributed by atoms with Crippen LogP contribution in [0.5, 0.6) is 5.75 Å². The Balaban J connectivity index is 1.94. The molecule has 0 atom stereocenters. The summed E-state index contributed by atoms with van der Waals surface area (Å²) in [6.45, 7) is 2.31. The maximum atomic E-state index is 5.56. The first-order valence-corrected chi connectivity index (χ1v) is 6.19. The van der Waals surface area contributed by atoms with E-state index in [2.05, 4.69) is 5.16 Å². The van der Waals surface area contributed by atoms with E-state index in [9.17, 15) is 0 Å². The van der Waals surface area contributed by atoms with Crippen LogP contribution < -0.4 is 4.74 Å². The number of ether oxygens (including phenoxy) is 1. The molecular formula is C12H13NO2S. The van der Waals surface area contributed by atoms with Crippen molar-refractivity contribution >= 4 is 11.8 Å². The van der Waals surface area contributed by atoms with E-state index in [0.717, 1.165) is 17.2 Å². The van der Waals surface area contributed by atoms with Gasteiger partial charge in [0.2, 0.25) is 0 Å². The van der Waals surface area contributed by atoms with Crippen LogP contribution in [0.2, 0.25) is 0 Å². The Morgan fingerprint density at radius 1 is 1.31 bits per heavy atom. The minimum atomic E-state index is 0.416. The minimum Gasteiger partial charge on any atom is -0.486 e. The molecule has 0 aliphatic heterocycles. The van der Waals surface area contributed by atoms with Gasteiger partial charge >= 0.3 is 0 Å². The van der Waals surface area contributed by atoms with Crippen molar-refractivity contribution in [1.29, 1.82) is 0 Å². The van der Waals surface area contributed by atoms with Crippen molar-refractivity contribution in [2.24, 2.45) is 0 Å². The number of nitrogens with zero attached hydrogens (tertiary/aromatic N) is 1. The van der Waals surface area contributed by atoms with Gasteiger partial charge in [0.05, 0.1) is 5.69 Å². The van der Waals surface area contributed by atoms with Gasteiger partial charge in [0.1, 0.15) is 12.4 Å². The summed E-state index contributed by atoms with van der Waals surface area (Å²) in [5, 5.41) is 3.80. The maximum Gasteiger partial charge on any atom is 0.174 e. The molecule has 0 saturated carbocycles. The van der Waals surface area contributed by atoms with Crippen LogP contribution in [0, 0.1) is 6.92 Å². The Bertz CT molecular complexity index is 450. The van der Waals surface area contributed by atoms with Gasteiger partial charge in [0, 0.05) is 11.0 Å². The molecule has 0 fully saturated rings. The summed E-state index contributed by atoms with van der Waals surface area (Å²) in [7, 11) is 0. The monoisotopic (exact) mass is 235 g/mol. The molecule has 0 N–H and O–H groups in total. The van der Waals surface area contributed by atoms with Crippen LogP contribution >= 0.6 is 11.8 Å². The van der Waals surface area contributed by atoms with Gasteiger partial charge in [-0.15, -0.1) is 11.8 Å². The van der Waals surface area contributed by atoms with E-state index < -0.39 is 0 Å². The highest BCUT2D eigenvalue weighted by Gasteiger charge is 2.01. The van der Waals surface area contributed by atoms with Crippen molar-refractivity contribution < 1.29 is 9.26 Å². The predicted octanol–water partition coefficient (Wildman–Crippen LogP) is 3.28. The highest BCUT2D eigenvalue weighted by atomic mass is 32.2. The van der Waals surface area contributed by atoms with Crippen LogP contribution in [0.4, 0.5) is 0 Å². The lowest BCUT2D eigenvalue weighted by atomic mass is 10.3. The third-order valence-electron chi connectivity index (χ3n) is 2.12. The molecule has 4 heteroatoms. The van der Waals surface area contributed by atoms with Gasteiger partial charge in [-0.3, -0.25) is 0 Å². The number of hydrogen-bond donors (Lipinski definition) is 0. The van der Waals surface area contributed by atoms with Crippen molar-refractivity contribution in [2.75, 3.05) is 6.26 Å². The summed E-state index contributed by atoms with van der Waals surface area (Å²) >= 11 is 1.71. The van der Waals surface area contributed by atoms with Crippen molar-refractivity contribution in [3.8, 4) is 5.75 Å². The molecule has 0 unspecified atom stereocenters. The minimum absolute atomic E-state index is 0.416. The van der Waals surface area contributed by atoms with Gasteiger partial charge in [0.15, 0.2) is 5.76 Å². The molecule has 0 aliphatic carbocycles. The molecule has 84 valence electrons. The van der Waals surface area contributed by atoms with Gasteiger partial charge in [-0.1, -0.05) is 5.16 Å². The van der Waals surface area contributed by atoms with Crippen LogP contribution in [0.3, 0.4) is 0 Å². The van der Waals surface area contributed by atoms with Crippen molar-refractivity contribution in [2.45, 2.75) is 18.4 Å². The SMILES string of the molecule is CSc1ccc(OCc2cc(C)no2)cc1. The number of thioether (sulfide) groups is 1. The highest BCUT2D eigenvalue weighted by Crippen LogP contribution is 2.19.